The molecule has 0 saturated carbocycles. The van der Waals surface area contributed by atoms with Gasteiger partial charge in [0, 0.05) is 30.9 Å². The number of hydrogen-bond donors (Lipinski definition) is 1. The van der Waals surface area contributed by atoms with Crippen molar-refractivity contribution in [3.63, 3.8) is 0 Å². The first-order valence-electron chi connectivity index (χ1n) is 5.52. The van der Waals surface area contributed by atoms with E-state index < -0.39 is 0 Å². The highest BCUT2D eigenvalue weighted by Gasteiger charge is 1.98. The molecule has 4 nitrogen and oxygen atoms in total. The molecule has 0 saturated heterocycles. The summed E-state index contributed by atoms with van der Waals surface area (Å²) in [6, 6.07) is 0. The minimum atomic E-state index is 0.953. The van der Waals surface area contributed by atoms with Gasteiger partial charge >= 0.3 is 0 Å². The van der Waals surface area contributed by atoms with Crippen LogP contribution >= 0.6 is 11.3 Å². The zero-order chi connectivity index (χ0) is 11.2. The van der Waals surface area contributed by atoms with Gasteiger partial charge in [0.25, 0.3) is 0 Å². The van der Waals surface area contributed by atoms with Crippen LogP contribution in [0.1, 0.15) is 19.0 Å². The Hall–Kier alpha value is -1.36. The molecule has 0 spiro atoms. The Morgan fingerprint density at radius 3 is 3.12 bits per heavy atom. The van der Waals surface area contributed by atoms with E-state index in [2.05, 4.69) is 32.2 Å². The number of imidazole rings is 1. The minimum Gasteiger partial charge on any atom is -0.361 e. The Morgan fingerprint density at radius 1 is 1.50 bits per heavy atom. The van der Waals surface area contributed by atoms with E-state index in [-0.39, 0.29) is 0 Å². The van der Waals surface area contributed by atoms with Gasteiger partial charge in [-0.2, -0.15) is 0 Å². The summed E-state index contributed by atoms with van der Waals surface area (Å²) in [5.41, 5.74) is 1.17. The lowest BCUT2D eigenvalue weighted by Crippen LogP contribution is -2.05. The third-order valence-electron chi connectivity index (χ3n) is 2.34. The maximum Gasteiger partial charge on any atom is 0.182 e. The Kier molecular flexibility index (Phi) is 3.93. The molecule has 0 aliphatic rings. The van der Waals surface area contributed by atoms with Crippen LogP contribution in [-0.4, -0.2) is 21.1 Å². The number of rotatable bonds is 6. The van der Waals surface area contributed by atoms with E-state index >= 15 is 0 Å². The molecule has 0 atom stereocenters. The highest BCUT2D eigenvalue weighted by molar-refractivity contribution is 7.13. The summed E-state index contributed by atoms with van der Waals surface area (Å²) in [5, 5.41) is 6.47. The van der Waals surface area contributed by atoms with Gasteiger partial charge in [0.05, 0.1) is 12.0 Å². The van der Waals surface area contributed by atoms with Crippen molar-refractivity contribution in [3.8, 4) is 0 Å². The predicted octanol–water partition coefficient (Wildman–Crippen LogP) is 2.40. The summed E-state index contributed by atoms with van der Waals surface area (Å²) < 4.78 is 2.08. The fourth-order valence-corrected chi connectivity index (χ4v) is 2.25. The quantitative estimate of drug-likeness (QED) is 0.783. The monoisotopic (exact) mass is 236 g/mol. The summed E-state index contributed by atoms with van der Waals surface area (Å²) in [5.74, 6) is 0. The molecule has 0 radical (unpaired) electrons. The van der Waals surface area contributed by atoms with Crippen LogP contribution in [0, 0.1) is 0 Å². The highest BCUT2D eigenvalue weighted by atomic mass is 32.1. The first-order valence-corrected chi connectivity index (χ1v) is 6.40. The van der Waals surface area contributed by atoms with Crippen molar-refractivity contribution in [2.45, 2.75) is 26.3 Å². The van der Waals surface area contributed by atoms with Crippen molar-refractivity contribution in [3.05, 3.63) is 29.8 Å². The lowest BCUT2D eigenvalue weighted by atomic mass is 10.4. The van der Waals surface area contributed by atoms with Crippen LogP contribution in [0.2, 0.25) is 0 Å². The lowest BCUT2D eigenvalue weighted by Gasteiger charge is -2.03. The molecule has 0 amide bonds. The Bertz CT molecular complexity index is 407. The van der Waals surface area contributed by atoms with Crippen LogP contribution < -0.4 is 5.32 Å². The van der Waals surface area contributed by atoms with Crippen LogP contribution in [0.15, 0.2) is 24.1 Å². The fraction of sp³-hybridized carbons (Fsp3) is 0.455. The van der Waals surface area contributed by atoms with Gasteiger partial charge in [-0.1, -0.05) is 6.92 Å². The normalized spacial score (nSPS) is 10.6. The molecule has 2 heterocycles. The summed E-state index contributed by atoms with van der Waals surface area (Å²) in [4.78, 5) is 8.46. The predicted molar refractivity (Wildman–Crippen MR) is 66.8 cm³/mol. The molecule has 86 valence electrons. The van der Waals surface area contributed by atoms with Crippen molar-refractivity contribution in [2.24, 2.45) is 0 Å². The summed E-state index contributed by atoms with van der Waals surface area (Å²) in [7, 11) is 0. The maximum absolute atomic E-state index is 4.45. The van der Waals surface area contributed by atoms with Crippen LogP contribution in [0.25, 0.3) is 0 Å². The van der Waals surface area contributed by atoms with Gasteiger partial charge in [0.15, 0.2) is 5.13 Å². The molecule has 2 aromatic heterocycles. The molecule has 1 N–H and O–H groups in total. The highest BCUT2D eigenvalue weighted by Crippen LogP contribution is 2.15. The second-order valence-corrected chi connectivity index (χ2v) is 4.44. The van der Waals surface area contributed by atoms with Crippen molar-refractivity contribution < 1.29 is 0 Å². The SMILES string of the molecule is CCc1csc(NCCCn2ccnc2)n1. The zero-order valence-corrected chi connectivity index (χ0v) is 10.2. The van der Waals surface area contributed by atoms with E-state index in [9.17, 15) is 0 Å². The van der Waals surface area contributed by atoms with Gasteiger partial charge in [0.1, 0.15) is 0 Å². The molecule has 0 aliphatic carbocycles. The van der Waals surface area contributed by atoms with Crippen molar-refractivity contribution in [1.29, 1.82) is 0 Å². The van der Waals surface area contributed by atoms with Gasteiger partial charge in [0.2, 0.25) is 0 Å². The average molecular weight is 236 g/mol. The van der Waals surface area contributed by atoms with E-state index in [0.717, 1.165) is 31.1 Å². The molecule has 2 rings (SSSR count). The molecule has 0 unspecified atom stereocenters. The molecule has 16 heavy (non-hydrogen) atoms. The van der Waals surface area contributed by atoms with Crippen LogP contribution in [0.3, 0.4) is 0 Å². The van der Waals surface area contributed by atoms with E-state index in [4.69, 9.17) is 0 Å². The molecule has 0 fully saturated rings. The van der Waals surface area contributed by atoms with Gasteiger partial charge in [-0.3, -0.25) is 0 Å². The number of thiazole rings is 1. The van der Waals surface area contributed by atoms with E-state index in [1.54, 1.807) is 11.3 Å². The molecular formula is C11H16N4S. The molecule has 0 bridgehead atoms. The molecule has 5 heteroatoms. The van der Waals surface area contributed by atoms with Crippen LogP contribution in [-0.2, 0) is 13.0 Å². The summed E-state index contributed by atoms with van der Waals surface area (Å²) in [6.07, 6.45) is 7.73. The Balaban J connectivity index is 1.68. The first kappa shape index (κ1) is 11.1. The van der Waals surface area contributed by atoms with Crippen molar-refractivity contribution in [2.75, 3.05) is 11.9 Å². The topological polar surface area (TPSA) is 42.7 Å². The number of nitrogens with one attached hydrogen (secondary N) is 1. The van der Waals surface area contributed by atoms with Crippen LogP contribution in [0.5, 0.6) is 0 Å². The van der Waals surface area contributed by atoms with Crippen LogP contribution in [0.4, 0.5) is 5.13 Å². The Morgan fingerprint density at radius 2 is 2.44 bits per heavy atom. The zero-order valence-electron chi connectivity index (χ0n) is 9.39. The molecule has 0 aromatic carbocycles. The van der Waals surface area contributed by atoms with Crippen molar-refractivity contribution in [1.82, 2.24) is 14.5 Å². The lowest BCUT2D eigenvalue weighted by molar-refractivity contribution is 0.660. The standard InChI is InChI=1S/C11H16N4S/c1-2-10-8-16-11(14-10)13-4-3-6-15-7-5-12-9-15/h5,7-9H,2-4,6H2,1H3,(H,13,14). The van der Waals surface area contributed by atoms with Gasteiger partial charge < -0.3 is 9.88 Å². The fourth-order valence-electron chi connectivity index (χ4n) is 1.43. The minimum absolute atomic E-state index is 0.953. The summed E-state index contributed by atoms with van der Waals surface area (Å²) >= 11 is 1.68. The Labute approximate surface area is 99.4 Å². The van der Waals surface area contributed by atoms with E-state index in [1.807, 2.05) is 18.7 Å². The van der Waals surface area contributed by atoms with Gasteiger partial charge in [-0.15, -0.1) is 11.3 Å². The smallest absolute Gasteiger partial charge is 0.182 e. The van der Waals surface area contributed by atoms with Crippen molar-refractivity contribution >= 4 is 16.5 Å². The average Bonchev–Trinajstić information content (AvgIpc) is 2.95. The summed E-state index contributed by atoms with van der Waals surface area (Å²) in [6.45, 7) is 4.08. The second kappa shape index (κ2) is 5.65. The third kappa shape index (κ3) is 3.06. The molecule has 2 aromatic rings. The second-order valence-electron chi connectivity index (χ2n) is 3.58. The van der Waals surface area contributed by atoms with E-state index in [1.165, 1.54) is 5.69 Å². The molecular weight excluding hydrogens is 220 g/mol. The number of nitrogens with zero attached hydrogens (tertiary/aromatic N) is 3. The first-order chi connectivity index (χ1) is 7.88. The maximum atomic E-state index is 4.45. The largest absolute Gasteiger partial charge is 0.361 e. The third-order valence-corrected chi connectivity index (χ3v) is 3.19. The number of hydrogen-bond acceptors (Lipinski definition) is 4. The number of aromatic nitrogens is 3. The van der Waals surface area contributed by atoms with Gasteiger partial charge in [-0.25, -0.2) is 9.97 Å². The van der Waals surface area contributed by atoms with E-state index in [0.29, 0.717) is 0 Å². The number of anilines is 1. The molecule has 0 aliphatic heterocycles. The van der Waals surface area contributed by atoms with Gasteiger partial charge in [-0.05, 0) is 12.8 Å². The number of aryl methyl sites for hydroxylation is 2.